The van der Waals surface area contributed by atoms with Gasteiger partial charge in [0, 0.05) is 18.7 Å². The topological polar surface area (TPSA) is 29.5 Å². The number of amides is 1. The fourth-order valence-corrected chi connectivity index (χ4v) is 3.26. The van der Waals surface area contributed by atoms with E-state index in [-0.39, 0.29) is 11.8 Å². The van der Waals surface area contributed by atoms with Crippen molar-refractivity contribution in [2.45, 2.75) is 58.3 Å². The molecule has 0 aliphatic carbocycles. The van der Waals surface area contributed by atoms with Crippen molar-refractivity contribution in [3.63, 3.8) is 0 Å². The maximum atomic E-state index is 13.0. The summed E-state index contributed by atoms with van der Waals surface area (Å²) < 4.78 is 5.55. The van der Waals surface area contributed by atoms with E-state index in [2.05, 4.69) is 30.9 Å². The Kier molecular flexibility index (Phi) is 6.29. The average Bonchev–Trinajstić information content (AvgIpc) is 2.56. The summed E-state index contributed by atoms with van der Waals surface area (Å²) in [5.74, 6) is 1.08. The number of benzene rings is 1. The van der Waals surface area contributed by atoms with Gasteiger partial charge in [0.15, 0.2) is 0 Å². The highest BCUT2D eigenvalue weighted by Gasteiger charge is 2.28. The molecule has 122 valence electrons. The van der Waals surface area contributed by atoms with E-state index in [9.17, 15) is 4.79 Å². The maximum Gasteiger partial charge on any atom is 0.230 e. The molecule has 0 spiro atoms. The summed E-state index contributed by atoms with van der Waals surface area (Å²) in [7, 11) is 1.69. The van der Waals surface area contributed by atoms with E-state index >= 15 is 0 Å². The standard InChI is InChI=1S/C19H29NO2/c1-4-5-9-17(19(21)20-12-7-6-8-13-20)16-11-10-15(2)14-18(16)22-3/h10-11,14,17H,4-9,12-13H2,1-3H3. The fourth-order valence-electron chi connectivity index (χ4n) is 3.26. The van der Waals surface area contributed by atoms with Crippen LogP contribution in [0.15, 0.2) is 18.2 Å². The Morgan fingerprint density at radius 3 is 2.64 bits per heavy atom. The fraction of sp³-hybridized carbons (Fsp3) is 0.632. The van der Waals surface area contributed by atoms with Crippen molar-refractivity contribution in [2.24, 2.45) is 0 Å². The number of nitrogens with zero attached hydrogens (tertiary/aromatic N) is 1. The van der Waals surface area contributed by atoms with Crippen molar-refractivity contribution < 1.29 is 9.53 Å². The average molecular weight is 303 g/mol. The van der Waals surface area contributed by atoms with Crippen LogP contribution in [0, 0.1) is 6.92 Å². The number of aryl methyl sites for hydroxylation is 1. The molecular weight excluding hydrogens is 274 g/mol. The summed E-state index contributed by atoms with van der Waals surface area (Å²) in [6.07, 6.45) is 6.61. The third-order valence-corrected chi connectivity index (χ3v) is 4.58. The quantitative estimate of drug-likeness (QED) is 0.784. The van der Waals surface area contributed by atoms with Crippen LogP contribution < -0.4 is 4.74 Å². The lowest BCUT2D eigenvalue weighted by molar-refractivity contribution is -0.134. The monoisotopic (exact) mass is 303 g/mol. The second-order valence-corrected chi connectivity index (χ2v) is 6.33. The van der Waals surface area contributed by atoms with Crippen LogP contribution in [0.1, 0.15) is 62.5 Å². The number of hydrogen-bond acceptors (Lipinski definition) is 2. The van der Waals surface area contributed by atoms with E-state index in [4.69, 9.17) is 4.74 Å². The van der Waals surface area contributed by atoms with Gasteiger partial charge in [0.1, 0.15) is 5.75 Å². The number of likely N-dealkylation sites (tertiary alicyclic amines) is 1. The smallest absolute Gasteiger partial charge is 0.230 e. The predicted octanol–water partition coefficient (Wildman–Crippen LogP) is 4.29. The van der Waals surface area contributed by atoms with Gasteiger partial charge in [-0.3, -0.25) is 4.79 Å². The van der Waals surface area contributed by atoms with Crippen LogP contribution in [-0.2, 0) is 4.79 Å². The molecule has 1 amide bonds. The lowest BCUT2D eigenvalue weighted by Gasteiger charge is -2.31. The molecule has 1 fully saturated rings. The minimum atomic E-state index is -0.0615. The molecule has 0 saturated carbocycles. The Morgan fingerprint density at radius 2 is 2.00 bits per heavy atom. The highest BCUT2D eigenvalue weighted by molar-refractivity contribution is 5.84. The minimum Gasteiger partial charge on any atom is -0.496 e. The Hall–Kier alpha value is -1.51. The minimum absolute atomic E-state index is 0.0615. The number of piperidine rings is 1. The molecule has 22 heavy (non-hydrogen) atoms. The van der Waals surface area contributed by atoms with Gasteiger partial charge in [0.25, 0.3) is 0 Å². The first kappa shape index (κ1) is 16.9. The lowest BCUT2D eigenvalue weighted by Crippen LogP contribution is -2.39. The summed E-state index contributed by atoms with van der Waals surface area (Å²) in [5, 5.41) is 0. The van der Waals surface area contributed by atoms with Crippen molar-refractivity contribution in [1.82, 2.24) is 4.90 Å². The van der Waals surface area contributed by atoms with Crippen molar-refractivity contribution in [3.05, 3.63) is 29.3 Å². The molecule has 1 saturated heterocycles. The van der Waals surface area contributed by atoms with Crippen LogP contribution in [0.2, 0.25) is 0 Å². The van der Waals surface area contributed by atoms with Crippen molar-refractivity contribution in [2.75, 3.05) is 20.2 Å². The molecular formula is C19H29NO2. The first-order chi connectivity index (χ1) is 10.7. The number of carbonyl (C=O) groups excluding carboxylic acids is 1. The molecule has 0 bridgehead atoms. The van der Waals surface area contributed by atoms with Gasteiger partial charge < -0.3 is 9.64 Å². The van der Waals surface area contributed by atoms with Gasteiger partial charge in [0.2, 0.25) is 5.91 Å². The Bertz CT molecular complexity index is 492. The normalized spacial score (nSPS) is 16.4. The van der Waals surface area contributed by atoms with Crippen LogP contribution in [0.5, 0.6) is 5.75 Å². The molecule has 0 N–H and O–H groups in total. The van der Waals surface area contributed by atoms with Crippen molar-refractivity contribution in [1.29, 1.82) is 0 Å². The third kappa shape index (κ3) is 4.02. The highest BCUT2D eigenvalue weighted by Crippen LogP contribution is 2.33. The van der Waals surface area contributed by atoms with Crippen LogP contribution in [-0.4, -0.2) is 31.0 Å². The first-order valence-corrected chi connectivity index (χ1v) is 8.60. The van der Waals surface area contributed by atoms with Gasteiger partial charge in [-0.05, 0) is 44.2 Å². The van der Waals surface area contributed by atoms with Gasteiger partial charge in [0.05, 0.1) is 13.0 Å². The van der Waals surface area contributed by atoms with E-state index in [1.54, 1.807) is 7.11 Å². The van der Waals surface area contributed by atoms with Crippen LogP contribution in [0.25, 0.3) is 0 Å². The van der Waals surface area contributed by atoms with E-state index < -0.39 is 0 Å². The highest BCUT2D eigenvalue weighted by atomic mass is 16.5. The van der Waals surface area contributed by atoms with Crippen LogP contribution in [0.4, 0.5) is 0 Å². The summed E-state index contributed by atoms with van der Waals surface area (Å²) in [4.78, 5) is 15.1. The summed E-state index contributed by atoms with van der Waals surface area (Å²) in [6, 6.07) is 6.20. The molecule has 0 radical (unpaired) electrons. The van der Waals surface area contributed by atoms with E-state index in [1.165, 1.54) is 12.0 Å². The second kappa shape index (κ2) is 8.21. The number of rotatable bonds is 6. The molecule has 1 heterocycles. The van der Waals surface area contributed by atoms with Crippen molar-refractivity contribution in [3.8, 4) is 5.75 Å². The summed E-state index contributed by atoms with van der Waals surface area (Å²) in [5.41, 5.74) is 2.22. The molecule has 1 aliphatic heterocycles. The Morgan fingerprint density at radius 1 is 1.27 bits per heavy atom. The van der Waals surface area contributed by atoms with Crippen LogP contribution in [0.3, 0.4) is 0 Å². The molecule has 1 unspecified atom stereocenters. The van der Waals surface area contributed by atoms with Gasteiger partial charge in [-0.2, -0.15) is 0 Å². The number of methoxy groups -OCH3 is 1. The van der Waals surface area contributed by atoms with E-state index in [1.807, 2.05) is 6.07 Å². The molecule has 1 aliphatic rings. The molecule has 3 heteroatoms. The Balaban J connectivity index is 2.26. The summed E-state index contributed by atoms with van der Waals surface area (Å²) in [6.45, 7) is 6.06. The number of unbranched alkanes of at least 4 members (excludes halogenated alkanes) is 1. The molecule has 1 aromatic carbocycles. The summed E-state index contributed by atoms with van der Waals surface area (Å²) >= 11 is 0. The second-order valence-electron chi connectivity index (χ2n) is 6.33. The molecule has 1 aromatic rings. The van der Waals surface area contributed by atoms with Gasteiger partial charge in [-0.25, -0.2) is 0 Å². The lowest BCUT2D eigenvalue weighted by atomic mass is 9.90. The molecule has 2 rings (SSSR count). The van der Waals surface area contributed by atoms with E-state index in [0.717, 1.165) is 56.5 Å². The Labute approximate surface area is 134 Å². The van der Waals surface area contributed by atoms with Gasteiger partial charge in [-0.1, -0.05) is 31.9 Å². The SMILES string of the molecule is CCCCC(C(=O)N1CCCCC1)c1ccc(C)cc1OC. The zero-order valence-electron chi connectivity index (χ0n) is 14.2. The van der Waals surface area contributed by atoms with E-state index in [0.29, 0.717) is 0 Å². The maximum absolute atomic E-state index is 13.0. The molecule has 0 aromatic heterocycles. The van der Waals surface area contributed by atoms with Crippen LogP contribution >= 0.6 is 0 Å². The molecule has 1 atom stereocenters. The predicted molar refractivity (Wildman–Crippen MR) is 90.4 cm³/mol. The number of ether oxygens (including phenoxy) is 1. The van der Waals surface area contributed by atoms with Gasteiger partial charge >= 0.3 is 0 Å². The first-order valence-electron chi connectivity index (χ1n) is 8.60. The van der Waals surface area contributed by atoms with Crippen molar-refractivity contribution >= 4 is 5.91 Å². The largest absolute Gasteiger partial charge is 0.496 e. The number of hydrogen-bond donors (Lipinski definition) is 0. The zero-order chi connectivity index (χ0) is 15.9. The zero-order valence-corrected chi connectivity index (χ0v) is 14.2. The third-order valence-electron chi connectivity index (χ3n) is 4.58. The number of carbonyl (C=O) groups is 1. The van der Waals surface area contributed by atoms with Gasteiger partial charge in [-0.15, -0.1) is 0 Å². The molecule has 3 nitrogen and oxygen atoms in total.